The monoisotopic (exact) mass is 344 g/mol. The molecule has 6 heteroatoms. The first-order valence-electron chi connectivity index (χ1n) is 8.72. The molecule has 2 aromatic rings. The number of amides is 1. The number of aromatic nitrogens is 2. The van der Waals surface area contributed by atoms with Crippen LogP contribution in [0.3, 0.4) is 0 Å². The average molecular weight is 344 g/mol. The molecule has 2 aliphatic rings. The van der Waals surface area contributed by atoms with Gasteiger partial charge in [0.1, 0.15) is 0 Å². The maximum absolute atomic E-state index is 12.0. The molecule has 1 aliphatic heterocycles. The molecule has 0 saturated heterocycles. The number of aryl methyl sites for hydroxylation is 1. The van der Waals surface area contributed by atoms with Gasteiger partial charge >= 0.3 is 0 Å². The molecule has 5 nitrogen and oxygen atoms in total. The zero-order chi connectivity index (χ0) is 16.5. The third-order valence-electron chi connectivity index (χ3n) is 5.04. The van der Waals surface area contributed by atoms with Crippen molar-refractivity contribution in [3.05, 3.63) is 40.1 Å². The van der Waals surface area contributed by atoms with Gasteiger partial charge in [-0.1, -0.05) is 0 Å². The van der Waals surface area contributed by atoms with Crippen LogP contribution < -0.4 is 5.32 Å². The summed E-state index contributed by atoms with van der Waals surface area (Å²) in [6.45, 7) is 5.71. The highest BCUT2D eigenvalue weighted by Crippen LogP contribution is 2.32. The van der Waals surface area contributed by atoms with Crippen molar-refractivity contribution in [3.8, 4) is 0 Å². The number of hydrogen-bond donors (Lipinski definition) is 1. The molecule has 1 aliphatic carbocycles. The minimum absolute atomic E-state index is 0.199. The number of carbonyl (C=O) groups excluding carboxylic acids is 1. The number of rotatable bonds is 6. The number of fused-ring (bicyclic) bond motifs is 1. The lowest BCUT2D eigenvalue weighted by molar-refractivity contribution is -0.121. The lowest BCUT2D eigenvalue weighted by atomic mass is 10.1. The lowest BCUT2D eigenvalue weighted by Gasteiger charge is -2.34. The third kappa shape index (κ3) is 3.54. The first-order chi connectivity index (χ1) is 11.7. The van der Waals surface area contributed by atoms with Crippen LogP contribution in [0.5, 0.6) is 0 Å². The fourth-order valence-corrected chi connectivity index (χ4v) is 4.35. The van der Waals surface area contributed by atoms with Crippen LogP contribution in [0.2, 0.25) is 0 Å². The van der Waals surface area contributed by atoms with Crippen molar-refractivity contribution in [1.29, 1.82) is 0 Å². The van der Waals surface area contributed by atoms with Gasteiger partial charge in [0.15, 0.2) is 0 Å². The Morgan fingerprint density at radius 2 is 2.33 bits per heavy atom. The van der Waals surface area contributed by atoms with Crippen LogP contribution in [-0.4, -0.2) is 33.4 Å². The molecule has 2 aromatic heterocycles. The Labute approximate surface area is 146 Å². The van der Waals surface area contributed by atoms with Gasteiger partial charge in [-0.05, 0) is 42.7 Å². The van der Waals surface area contributed by atoms with E-state index in [1.165, 1.54) is 29.0 Å². The molecule has 1 atom stereocenters. The van der Waals surface area contributed by atoms with Crippen LogP contribution in [-0.2, 0) is 17.9 Å². The van der Waals surface area contributed by atoms with Crippen LogP contribution in [0.25, 0.3) is 0 Å². The summed E-state index contributed by atoms with van der Waals surface area (Å²) in [5.74, 6) is 0.837. The summed E-state index contributed by atoms with van der Waals surface area (Å²) in [6, 6.07) is 2.45. The Bertz CT molecular complexity index is 718. The van der Waals surface area contributed by atoms with Crippen molar-refractivity contribution in [2.24, 2.45) is 5.92 Å². The van der Waals surface area contributed by atoms with Crippen molar-refractivity contribution >= 4 is 17.2 Å². The Morgan fingerprint density at radius 3 is 3.08 bits per heavy atom. The van der Waals surface area contributed by atoms with E-state index in [0.717, 1.165) is 19.6 Å². The second kappa shape index (κ2) is 6.69. The highest BCUT2D eigenvalue weighted by molar-refractivity contribution is 7.10. The Balaban J connectivity index is 1.40. The van der Waals surface area contributed by atoms with Gasteiger partial charge in [-0.25, -0.2) is 4.98 Å². The average Bonchev–Trinajstić information content (AvgIpc) is 3.08. The Morgan fingerprint density at radius 1 is 1.46 bits per heavy atom. The topological polar surface area (TPSA) is 50.2 Å². The van der Waals surface area contributed by atoms with Crippen LogP contribution in [0.1, 0.15) is 41.4 Å². The summed E-state index contributed by atoms with van der Waals surface area (Å²) in [5, 5.41) is 5.29. The second-order valence-electron chi connectivity index (χ2n) is 7.09. The molecular weight excluding hydrogens is 320 g/mol. The van der Waals surface area contributed by atoms with Crippen molar-refractivity contribution < 1.29 is 4.79 Å². The third-order valence-corrected chi connectivity index (χ3v) is 6.04. The lowest BCUT2D eigenvalue weighted by Crippen LogP contribution is -2.42. The van der Waals surface area contributed by atoms with Gasteiger partial charge in [-0.2, -0.15) is 0 Å². The molecule has 1 amide bonds. The van der Waals surface area contributed by atoms with Crippen molar-refractivity contribution in [2.75, 3.05) is 13.1 Å². The fraction of sp³-hybridized carbons (Fsp3) is 0.556. The van der Waals surface area contributed by atoms with Crippen molar-refractivity contribution in [3.63, 3.8) is 0 Å². The largest absolute Gasteiger partial charge is 0.354 e. The molecule has 1 fully saturated rings. The first kappa shape index (κ1) is 15.8. The molecule has 1 N–H and O–H groups in total. The number of imidazole rings is 1. The maximum atomic E-state index is 12.0. The van der Waals surface area contributed by atoms with Crippen LogP contribution in [0, 0.1) is 12.8 Å². The van der Waals surface area contributed by atoms with Crippen LogP contribution >= 0.6 is 11.3 Å². The number of nitrogens with zero attached hydrogens (tertiary/aromatic N) is 3. The quantitative estimate of drug-likeness (QED) is 0.877. The smallest absolute Gasteiger partial charge is 0.220 e. The first-order valence-corrected chi connectivity index (χ1v) is 9.59. The molecule has 24 heavy (non-hydrogen) atoms. The van der Waals surface area contributed by atoms with E-state index in [9.17, 15) is 4.79 Å². The van der Waals surface area contributed by atoms with E-state index in [2.05, 4.69) is 38.1 Å². The summed E-state index contributed by atoms with van der Waals surface area (Å²) >= 11 is 1.83. The van der Waals surface area contributed by atoms with Gasteiger partial charge in [0, 0.05) is 43.7 Å². The molecule has 3 heterocycles. The van der Waals surface area contributed by atoms with E-state index in [-0.39, 0.29) is 11.9 Å². The van der Waals surface area contributed by atoms with Gasteiger partial charge < -0.3 is 9.88 Å². The molecular formula is C18H24N4OS. The van der Waals surface area contributed by atoms with Crippen molar-refractivity contribution in [2.45, 2.75) is 45.3 Å². The highest BCUT2D eigenvalue weighted by Gasteiger charge is 2.27. The van der Waals surface area contributed by atoms with Crippen LogP contribution in [0.15, 0.2) is 24.0 Å². The summed E-state index contributed by atoms with van der Waals surface area (Å²) in [7, 11) is 0. The molecule has 128 valence electrons. The molecule has 0 unspecified atom stereocenters. The number of hydrogen-bond acceptors (Lipinski definition) is 4. The fourth-order valence-electron chi connectivity index (χ4n) is 3.40. The van der Waals surface area contributed by atoms with Gasteiger partial charge in [0.2, 0.25) is 5.91 Å². The zero-order valence-corrected chi connectivity index (χ0v) is 14.9. The summed E-state index contributed by atoms with van der Waals surface area (Å²) in [4.78, 5) is 20.2. The van der Waals surface area contributed by atoms with E-state index in [1.54, 1.807) is 0 Å². The molecule has 1 saturated carbocycles. The number of thiophene rings is 1. The van der Waals surface area contributed by atoms with E-state index in [0.29, 0.717) is 18.9 Å². The minimum Gasteiger partial charge on any atom is -0.354 e. The molecule has 4 rings (SSSR count). The predicted octanol–water partition coefficient (Wildman–Crippen LogP) is 2.73. The maximum Gasteiger partial charge on any atom is 0.220 e. The zero-order valence-electron chi connectivity index (χ0n) is 14.1. The summed E-state index contributed by atoms with van der Waals surface area (Å²) in [6.07, 6.45) is 6.99. The summed E-state index contributed by atoms with van der Waals surface area (Å²) in [5.41, 5.74) is 2.60. The van der Waals surface area contributed by atoms with E-state index >= 15 is 0 Å². The minimum atomic E-state index is 0.199. The van der Waals surface area contributed by atoms with Crippen molar-refractivity contribution in [1.82, 2.24) is 19.8 Å². The van der Waals surface area contributed by atoms with Gasteiger partial charge in [-0.15, -0.1) is 11.3 Å². The number of nitrogens with one attached hydrogen (secondary N) is 1. The van der Waals surface area contributed by atoms with Crippen LogP contribution in [0.4, 0.5) is 0 Å². The standard InChI is InChI=1S/C18H24N4OS/c1-13-4-5-24-17(13)11-21-9-15-7-19-12-22(15)16(10-21)8-20-18(23)6-14-2-3-14/h4-5,7,12,14,16H,2-3,6,8-11H2,1H3,(H,20,23)/t16-/m1/s1. The molecule has 0 aromatic carbocycles. The Hall–Kier alpha value is -1.66. The SMILES string of the molecule is Cc1ccsc1CN1Cc2cncn2[C@H](CNC(=O)CC2CC2)C1. The second-order valence-corrected chi connectivity index (χ2v) is 8.09. The van der Waals surface area contributed by atoms with Gasteiger partial charge in [0.25, 0.3) is 0 Å². The van der Waals surface area contributed by atoms with E-state index in [1.807, 2.05) is 23.9 Å². The van der Waals surface area contributed by atoms with Gasteiger partial charge in [0.05, 0.1) is 18.1 Å². The predicted molar refractivity (Wildman–Crippen MR) is 94.8 cm³/mol. The number of carbonyl (C=O) groups is 1. The highest BCUT2D eigenvalue weighted by atomic mass is 32.1. The summed E-state index contributed by atoms with van der Waals surface area (Å²) < 4.78 is 2.23. The van der Waals surface area contributed by atoms with E-state index < -0.39 is 0 Å². The van der Waals surface area contributed by atoms with Gasteiger partial charge in [-0.3, -0.25) is 9.69 Å². The van der Waals surface area contributed by atoms with E-state index in [4.69, 9.17) is 0 Å². The normalized spacial score (nSPS) is 20.8. The molecule has 0 bridgehead atoms. The molecule has 0 spiro atoms. The molecule has 0 radical (unpaired) electrons. The Kier molecular flexibility index (Phi) is 4.41.